The van der Waals surface area contributed by atoms with Crippen molar-refractivity contribution in [2.24, 2.45) is 0 Å². The standard InChI is InChI=1S/C14H15F2N3O3/c1-21-7-6-17-13(20)12-8-11(18-19-12)9-2-4-10(5-3-9)22-14(15)16/h2-5,8,14H,6-7H2,1H3,(H,17,20)(H,18,19). The van der Waals surface area contributed by atoms with E-state index in [1.165, 1.54) is 12.1 Å². The smallest absolute Gasteiger partial charge is 0.387 e. The van der Waals surface area contributed by atoms with Crippen LogP contribution in [0.1, 0.15) is 10.5 Å². The van der Waals surface area contributed by atoms with Gasteiger partial charge in [-0.05, 0) is 30.3 Å². The van der Waals surface area contributed by atoms with E-state index in [1.807, 2.05) is 0 Å². The predicted molar refractivity (Wildman–Crippen MR) is 74.9 cm³/mol. The van der Waals surface area contributed by atoms with Crippen molar-refractivity contribution in [2.75, 3.05) is 20.3 Å². The molecular weight excluding hydrogens is 296 g/mol. The molecule has 0 atom stereocenters. The summed E-state index contributed by atoms with van der Waals surface area (Å²) in [7, 11) is 1.54. The maximum absolute atomic E-state index is 12.1. The second-order valence-corrected chi connectivity index (χ2v) is 4.32. The highest BCUT2D eigenvalue weighted by molar-refractivity contribution is 5.93. The number of methoxy groups -OCH3 is 1. The van der Waals surface area contributed by atoms with Gasteiger partial charge in [0.25, 0.3) is 5.91 Å². The van der Waals surface area contributed by atoms with E-state index in [9.17, 15) is 13.6 Å². The number of amides is 1. The van der Waals surface area contributed by atoms with Crippen molar-refractivity contribution >= 4 is 5.91 Å². The molecule has 1 aromatic heterocycles. The van der Waals surface area contributed by atoms with Gasteiger partial charge < -0.3 is 14.8 Å². The van der Waals surface area contributed by atoms with Crippen LogP contribution < -0.4 is 10.1 Å². The van der Waals surface area contributed by atoms with Crippen molar-refractivity contribution in [1.29, 1.82) is 0 Å². The van der Waals surface area contributed by atoms with Crippen molar-refractivity contribution in [3.63, 3.8) is 0 Å². The molecule has 0 bridgehead atoms. The van der Waals surface area contributed by atoms with Gasteiger partial charge in [0.05, 0.1) is 12.3 Å². The van der Waals surface area contributed by atoms with Crippen LogP contribution in [0.15, 0.2) is 30.3 Å². The molecule has 0 saturated heterocycles. The van der Waals surface area contributed by atoms with E-state index < -0.39 is 6.61 Å². The zero-order chi connectivity index (χ0) is 15.9. The summed E-state index contributed by atoms with van der Waals surface area (Å²) in [5.41, 5.74) is 1.51. The maximum Gasteiger partial charge on any atom is 0.387 e. The topological polar surface area (TPSA) is 76.2 Å². The van der Waals surface area contributed by atoms with E-state index in [-0.39, 0.29) is 11.7 Å². The Hall–Kier alpha value is -2.48. The average Bonchev–Trinajstić information content (AvgIpc) is 2.97. The van der Waals surface area contributed by atoms with Gasteiger partial charge in [-0.3, -0.25) is 9.89 Å². The number of benzene rings is 1. The zero-order valence-corrected chi connectivity index (χ0v) is 11.8. The first-order valence-electron chi connectivity index (χ1n) is 6.48. The molecule has 22 heavy (non-hydrogen) atoms. The Morgan fingerprint density at radius 2 is 2.09 bits per heavy atom. The molecule has 0 aliphatic carbocycles. The Morgan fingerprint density at radius 3 is 2.73 bits per heavy atom. The number of carbonyl (C=O) groups is 1. The number of H-pyrrole nitrogens is 1. The first kappa shape index (κ1) is 15.9. The molecule has 0 radical (unpaired) electrons. The summed E-state index contributed by atoms with van der Waals surface area (Å²) >= 11 is 0. The second-order valence-electron chi connectivity index (χ2n) is 4.32. The van der Waals surface area contributed by atoms with Gasteiger partial charge in [-0.15, -0.1) is 0 Å². The monoisotopic (exact) mass is 311 g/mol. The fourth-order valence-electron chi connectivity index (χ4n) is 1.75. The molecular formula is C14H15F2N3O3. The third kappa shape index (κ3) is 4.26. The number of rotatable bonds is 7. The summed E-state index contributed by atoms with van der Waals surface area (Å²) in [5.74, 6) is -0.236. The number of aromatic amines is 1. The maximum atomic E-state index is 12.1. The van der Waals surface area contributed by atoms with Gasteiger partial charge in [-0.1, -0.05) is 0 Å². The van der Waals surface area contributed by atoms with Gasteiger partial charge in [0.1, 0.15) is 11.4 Å². The number of halogens is 2. The van der Waals surface area contributed by atoms with Crippen LogP contribution in [0, 0.1) is 0 Å². The summed E-state index contributed by atoms with van der Waals surface area (Å²) < 4.78 is 33.2. The number of carbonyl (C=O) groups excluding carboxylic acids is 1. The summed E-state index contributed by atoms with van der Waals surface area (Å²) in [6.45, 7) is -2.06. The van der Waals surface area contributed by atoms with Crippen molar-refractivity contribution in [3.8, 4) is 17.0 Å². The summed E-state index contributed by atoms with van der Waals surface area (Å²) in [4.78, 5) is 11.8. The van der Waals surface area contributed by atoms with Crippen molar-refractivity contribution in [3.05, 3.63) is 36.0 Å². The number of aromatic nitrogens is 2. The third-order valence-electron chi connectivity index (χ3n) is 2.79. The lowest BCUT2D eigenvalue weighted by Gasteiger charge is -2.04. The van der Waals surface area contributed by atoms with Crippen LogP contribution in [0.25, 0.3) is 11.3 Å². The molecule has 0 saturated carbocycles. The average molecular weight is 311 g/mol. The van der Waals surface area contributed by atoms with Crippen LogP contribution in [0.4, 0.5) is 8.78 Å². The molecule has 8 heteroatoms. The molecule has 0 spiro atoms. The lowest BCUT2D eigenvalue weighted by Crippen LogP contribution is -2.27. The number of alkyl halides is 2. The molecule has 0 aliphatic rings. The molecule has 2 N–H and O–H groups in total. The fourth-order valence-corrected chi connectivity index (χ4v) is 1.75. The first-order chi connectivity index (χ1) is 10.6. The molecule has 1 amide bonds. The van der Waals surface area contributed by atoms with E-state index >= 15 is 0 Å². The van der Waals surface area contributed by atoms with Crippen LogP contribution in [0.5, 0.6) is 5.75 Å². The molecule has 0 aliphatic heterocycles. The minimum atomic E-state index is -2.86. The molecule has 2 rings (SSSR count). The number of ether oxygens (including phenoxy) is 2. The van der Waals surface area contributed by atoms with Crippen molar-refractivity contribution in [1.82, 2.24) is 15.5 Å². The van der Waals surface area contributed by atoms with E-state index in [2.05, 4.69) is 20.3 Å². The summed E-state index contributed by atoms with van der Waals surface area (Å²) in [6.07, 6.45) is 0. The van der Waals surface area contributed by atoms with E-state index in [1.54, 1.807) is 25.3 Å². The Morgan fingerprint density at radius 1 is 1.36 bits per heavy atom. The third-order valence-corrected chi connectivity index (χ3v) is 2.79. The molecule has 1 heterocycles. The summed E-state index contributed by atoms with van der Waals surface area (Å²) in [5, 5.41) is 9.30. The highest BCUT2D eigenvalue weighted by atomic mass is 19.3. The van der Waals surface area contributed by atoms with Gasteiger partial charge in [-0.25, -0.2) is 0 Å². The van der Waals surface area contributed by atoms with Gasteiger partial charge in [-0.2, -0.15) is 13.9 Å². The molecule has 118 valence electrons. The molecule has 0 unspecified atom stereocenters. The van der Waals surface area contributed by atoms with Gasteiger partial charge in [0.15, 0.2) is 0 Å². The van der Waals surface area contributed by atoms with Crippen LogP contribution in [-0.4, -0.2) is 43.0 Å². The van der Waals surface area contributed by atoms with Crippen LogP contribution in [0.3, 0.4) is 0 Å². The van der Waals surface area contributed by atoms with Gasteiger partial charge in [0.2, 0.25) is 0 Å². The number of nitrogens with zero attached hydrogens (tertiary/aromatic N) is 1. The normalized spacial score (nSPS) is 10.7. The Balaban J connectivity index is 2.03. The lowest BCUT2D eigenvalue weighted by molar-refractivity contribution is -0.0498. The highest BCUT2D eigenvalue weighted by Crippen LogP contribution is 2.22. The quantitative estimate of drug-likeness (QED) is 0.767. The van der Waals surface area contributed by atoms with Gasteiger partial charge >= 0.3 is 6.61 Å². The highest BCUT2D eigenvalue weighted by Gasteiger charge is 2.11. The van der Waals surface area contributed by atoms with E-state index in [0.717, 1.165) is 0 Å². The van der Waals surface area contributed by atoms with Gasteiger partial charge in [0, 0.05) is 19.2 Å². The Kier molecular flexibility index (Phi) is 5.42. The minimum Gasteiger partial charge on any atom is -0.435 e. The summed E-state index contributed by atoms with van der Waals surface area (Å²) in [6, 6.07) is 7.56. The van der Waals surface area contributed by atoms with Crippen molar-refractivity contribution < 1.29 is 23.0 Å². The second kappa shape index (κ2) is 7.51. The van der Waals surface area contributed by atoms with E-state index in [0.29, 0.717) is 30.1 Å². The number of hydrogen-bond donors (Lipinski definition) is 2. The Labute approximate surface area is 125 Å². The minimum absolute atomic E-state index is 0.0619. The molecule has 2 aromatic rings. The van der Waals surface area contributed by atoms with Crippen LogP contribution >= 0.6 is 0 Å². The predicted octanol–water partition coefficient (Wildman–Crippen LogP) is 2.05. The number of hydrogen-bond acceptors (Lipinski definition) is 4. The number of nitrogens with one attached hydrogen (secondary N) is 2. The van der Waals surface area contributed by atoms with E-state index in [4.69, 9.17) is 4.74 Å². The van der Waals surface area contributed by atoms with Crippen LogP contribution in [0.2, 0.25) is 0 Å². The fraction of sp³-hybridized carbons (Fsp3) is 0.286. The first-order valence-corrected chi connectivity index (χ1v) is 6.48. The molecule has 0 fully saturated rings. The lowest BCUT2D eigenvalue weighted by atomic mass is 10.1. The largest absolute Gasteiger partial charge is 0.435 e. The molecule has 1 aromatic carbocycles. The van der Waals surface area contributed by atoms with Crippen LogP contribution in [-0.2, 0) is 4.74 Å². The van der Waals surface area contributed by atoms with Crippen molar-refractivity contribution in [2.45, 2.75) is 6.61 Å². The Bertz CT molecular complexity index is 614. The SMILES string of the molecule is COCCNC(=O)c1cc(-c2ccc(OC(F)F)cc2)n[nH]1. The molecule has 6 nitrogen and oxygen atoms in total. The zero-order valence-electron chi connectivity index (χ0n) is 11.8.